The Balaban J connectivity index is 2.10. The van der Waals surface area contributed by atoms with Gasteiger partial charge in [-0.3, -0.25) is 9.78 Å². The van der Waals surface area contributed by atoms with E-state index in [0.717, 1.165) is 19.3 Å². The predicted molar refractivity (Wildman–Crippen MR) is 70.8 cm³/mol. The van der Waals surface area contributed by atoms with E-state index in [9.17, 15) is 9.90 Å². The van der Waals surface area contributed by atoms with Gasteiger partial charge in [0.1, 0.15) is 6.10 Å². The molecule has 1 aromatic rings. The molecule has 0 aromatic carbocycles. The Morgan fingerprint density at radius 1 is 1.42 bits per heavy atom. The summed E-state index contributed by atoms with van der Waals surface area (Å²) in [6.07, 6.45) is 4.96. The van der Waals surface area contributed by atoms with E-state index in [1.165, 1.54) is 0 Å². The molecule has 1 fully saturated rings. The number of nitrogens with zero attached hydrogens (tertiary/aromatic N) is 2. The maximum Gasteiger partial charge on any atom is 0.254 e. The lowest BCUT2D eigenvalue weighted by molar-refractivity contribution is -0.0714. The first-order valence-electron chi connectivity index (χ1n) is 6.53. The third kappa shape index (κ3) is 2.93. The van der Waals surface area contributed by atoms with Crippen molar-refractivity contribution in [1.29, 1.82) is 0 Å². The number of aliphatic hydroxyl groups excluding tert-OH is 1. The average Bonchev–Trinajstić information content (AvgIpc) is 2.47. The van der Waals surface area contributed by atoms with Gasteiger partial charge in [0.15, 0.2) is 0 Å². The van der Waals surface area contributed by atoms with Gasteiger partial charge in [0.25, 0.3) is 5.91 Å². The van der Waals surface area contributed by atoms with Gasteiger partial charge in [0, 0.05) is 32.1 Å². The molecule has 0 saturated heterocycles. The molecule has 5 nitrogen and oxygen atoms in total. The van der Waals surface area contributed by atoms with Gasteiger partial charge in [0.2, 0.25) is 0 Å². The average molecular weight is 264 g/mol. The van der Waals surface area contributed by atoms with Crippen LogP contribution in [-0.4, -0.2) is 53.3 Å². The van der Waals surface area contributed by atoms with Crippen LogP contribution in [0, 0.1) is 0 Å². The largest absolute Gasteiger partial charge is 0.388 e. The highest BCUT2D eigenvalue weighted by molar-refractivity contribution is 5.94. The molecule has 19 heavy (non-hydrogen) atoms. The number of rotatable bonds is 3. The number of hydrogen-bond donors (Lipinski definition) is 1. The number of carbonyl (C=O) groups excluding carboxylic acids is 1. The van der Waals surface area contributed by atoms with Gasteiger partial charge in [-0.25, -0.2) is 0 Å². The molecular weight excluding hydrogens is 244 g/mol. The van der Waals surface area contributed by atoms with Crippen LogP contribution in [0.3, 0.4) is 0 Å². The highest BCUT2D eigenvalue weighted by atomic mass is 16.5. The summed E-state index contributed by atoms with van der Waals surface area (Å²) in [5.74, 6) is -0.0943. The summed E-state index contributed by atoms with van der Waals surface area (Å²) in [5.41, 5.74) is 0.587. The van der Waals surface area contributed by atoms with Crippen LogP contribution in [0.4, 0.5) is 0 Å². The molecule has 0 unspecified atom stereocenters. The number of aliphatic hydroxyl groups is 1. The molecule has 0 aliphatic heterocycles. The lowest BCUT2D eigenvalue weighted by Gasteiger charge is -2.39. The van der Waals surface area contributed by atoms with Gasteiger partial charge in [-0.2, -0.15) is 0 Å². The molecule has 0 bridgehead atoms. The first-order chi connectivity index (χ1) is 9.15. The molecule has 3 atom stereocenters. The Kier molecular flexibility index (Phi) is 4.50. The minimum atomic E-state index is -0.630. The first-order valence-corrected chi connectivity index (χ1v) is 6.53. The van der Waals surface area contributed by atoms with E-state index in [1.54, 1.807) is 43.6 Å². The number of pyridine rings is 1. The third-order valence-electron chi connectivity index (χ3n) is 3.81. The Bertz CT molecular complexity index is 424. The molecule has 1 saturated carbocycles. The van der Waals surface area contributed by atoms with E-state index in [1.807, 2.05) is 0 Å². The summed E-state index contributed by atoms with van der Waals surface area (Å²) in [5, 5.41) is 10.3. The summed E-state index contributed by atoms with van der Waals surface area (Å²) in [6.45, 7) is 0. The first kappa shape index (κ1) is 14.0. The summed E-state index contributed by atoms with van der Waals surface area (Å²) >= 11 is 0. The van der Waals surface area contributed by atoms with E-state index in [-0.39, 0.29) is 18.1 Å². The quantitative estimate of drug-likeness (QED) is 0.887. The number of aromatic nitrogens is 1. The molecule has 1 amide bonds. The maximum absolute atomic E-state index is 12.3. The van der Waals surface area contributed by atoms with E-state index in [2.05, 4.69) is 4.98 Å². The van der Waals surface area contributed by atoms with Crippen LogP contribution in [0.5, 0.6) is 0 Å². The Morgan fingerprint density at radius 2 is 2.11 bits per heavy atom. The number of ether oxygens (including phenoxy) is 1. The molecule has 1 N–H and O–H groups in total. The monoisotopic (exact) mass is 264 g/mol. The van der Waals surface area contributed by atoms with Crippen LogP contribution in [0.1, 0.15) is 29.6 Å². The van der Waals surface area contributed by atoms with E-state index in [0.29, 0.717) is 5.56 Å². The van der Waals surface area contributed by atoms with Gasteiger partial charge < -0.3 is 14.7 Å². The Labute approximate surface area is 113 Å². The molecule has 1 aliphatic rings. The van der Waals surface area contributed by atoms with E-state index >= 15 is 0 Å². The van der Waals surface area contributed by atoms with Crippen molar-refractivity contribution in [3.05, 3.63) is 30.1 Å². The molecule has 0 radical (unpaired) electrons. The van der Waals surface area contributed by atoms with Gasteiger partial charge in [-0.1, -0.05) is 0 Å². The normalized spacial score (nSPS) is 27.0. The van der Waals surface area contributed by atoms with Crippen molar-refractivity contribution in [3.8, 4) is 0 Å². The molecule has 0 spiro atoms. The van der Waals surface area contributed by atoms with Crippen LogP contribution in [-0.2, 0) is 4.74 Å². The fourth-order valence-corrected chi connectivity index (χ4v) is 2.65. The molecule has 5 heteroatoms. The number of hydrogen-bond acceptors (Lipinski definition) is 4. The molecule has 1 aliphatic carbocycles. The molecule has 1 heterocycles. The number of carbonyl (C=O) groups is 1. The Hall–Kier alpha value is -1.46. The molecule has 104 valence electrons. The standard InChI is InChI=1S/C14H20N2O3/c1-16(14(18)10-6-8-15-9-7-10)11-4-3-5-12(19-2)13(11)17/h6-9,11-13,17H,3-5H2,1-2H3/t11-,12-,13-/m1/s1. The van der Waals surface area contributed by atoms with Crippen molar-refractivity contribution in [2.24, 2.45) is 0 Å². The topological polar surface area (TPSA) is 62.7 Å². The maximum atomic E-state index is 12.3. The number of methoxy groups -OCH3 is 1. The molecule has 2 rings (SSSR count). The van der Waals surface area contributed by atoms with Crippen LogP contribution < -0.4 is 0 Å². The van der Waals surface area contributed by atoms with Gasteiger partial charge in [-0.15, -0.1) is 0 Å². The zero-order valence-electron chi connectivity index (χ0n) is 11.3. The molecule has 1 aromatic heterocycles. The van der Waals surface area contributed by atoms with Crippen molar-refractivity contribution < 1.29 is 14.6 Å². The zero-order valence-corrected chi connectivity index (χ0v) is 11.3. The SMILES string of the molecule is CO[C@@H]1CCC[C@@H](N(C)C(=O)c2ccncc2)[C@H]1O. The second-order valence-corrected chi connectivity index (χ2v) is 4.91. The van der Waals surface area contributed by atoms with E-state index in [4.69, 9.17) is 4.74 Å². The van der Waals surface area contributed by atoms with Crippen LogP contribution in [0.25, 0.3) is 0 Å². The smallest absolute Gasteiger partial charge is 0.254 e. The van der Waals surface area contributed by atoms with Crippen LogP contribution in [0.15, 0.2) is 24.5 Å². The highest BCUT2D eigenvalue weighted by Crippen LogP contribution is 2.25. The van der Waals surface area contributed by atoms with Crippen LogP contribution in [0.2, 0.25) is 0 Å². The van der Waals surface area contributed by atoms with Crippen molar-refractivity contribution in [3.63, 3.8) is 0 Å². The van der Waals surface area contributed by atoms with Crippen molar-refractivity contribution in [2.75, 3.05) is 14.2 Å². The predicted octanol–water partition coefficient (Wildman–Crippen LogP) is 1.08. The Morgan fingerprint density at radius 3 is 2.74 bits per heavy atom. The van der Waals surface area contributed by atoms with Crippen molar-refractivity contribution in [1.82, 2.24) is 9.88 Å². The highest BCUT2D eigenvalue weighted by Gasteiger charge is 2.36. The summed E-state index contributed by atoms with van der Waals surface area (Å²) in [4.78, 5) is 17.8. The van der Waals surface area contributed by atoms with Gasteiger partial charge >= 0.3 is 0 Å². The van der Waals surface area contributed by atoms with Gasteiger partial charge in [-0.05, 0) is 31.4 Å². The second-order valence-electron chi connectivity index (χ2n) is 4.91. The summed E-state index contributed by atoms with van der Waals surface area (Å²) in [6, 6.07) is 3.17. The summed E-state index contributed by atoms with van der Waals surface area (Å²) < 4.78 is 5.27. The number of amides is 1. The lowest BCUT2D eigenvalue weighted by atomic mass is 9.88. The lowest BCUT2D eigenvalue weighted by Crippen LogP contribution is -2.52. The fraction of sp³-hybridized carbons (Fsp3) is 0.571. The fourth-order valence-electron chi connectivity index (χ4n) is 2.65. The third-order valence-corrected chi connectivity index (χ3v) is 3.81. The zero-order chi connectivity index (χ0) is 13.8. The molecular formula is C14H20N2O3. The van der Waals surface area contributed by atoms with Crippen molar-refractivity contribution in [2.45, 2.75) is 37.5 Å². The number of likely N-dealkylation sites (N-methyl/N-ethyl adjacent to an activating group) is 1. The van der Waals surface area contributed by atoms with E-state index < -0.39 is 6.10 Å². The minimum absolute atomic E-state index is 0.0943. The second kappa shape index (κ2) is 6.12. The van der Waals surface area contributed by atoms with Crippen molar-refractivity contribution >= 4 is 5.91 Å². The summed E-state index contributed by atoms with van der Waals surface area (Å²) in [7, 11) is 3.33. The van der Waals surface area contributed by atoms with Gasteiger partial charge in [0.05, 0.1) is 12.1 Å². The van der Waals surface area contributed by atoms with Crippen LogP contribution >= 0.6 is 0 Å². The minimum Gasteiger partial charge on any atom is -0.388 e.